The highest BCUT2D eigenvalue weighted by Gasteiger charge is 2.31. The number of thiophene rings is 1. The summed E-state index contributed by atoms with van der Waals surface area (Å²) < 4.78 is 6.91. The zero-order valence-corrected chi connectivity index (χ0v) is 19.8. The molecule has 0 aliphatic heterocycles. The van der Waals surface area contributed by atoms with Gasteiger partial charge in [0.2, 0.25) is 0 Å². The summed E-state index contributed by atoms with van der Waals surface area (Å²) in [6.07, 6.45) is 4.95. The van der Waals surface area contributed by atoms with E-state index in [2.05, 4.69) is 25.8 Å². The van der Waals surface area contributed by atoms with Crippen LogP contribution in [0.15, 0.2) is 40.8 Å². The molecule has 8 nitrogen and oxygen atoms in total. The Kier molecular flexibility index (Phi) is 6.34. The first-order chi connectivity index (χ1) is 15.6. The highest BCUT2D eigenvalue weighted by atomic mass is 32.1. The number of esters is 1. The fraction of sp³-hybridized carbons (Fsp3) is 0.458. The predicted molar refractivity (Wildman–Crippen MR) is 127 cm³/mol. The molecule has 0 radical (unpaired) electrons. The van der Waals surface area contributed by atoms with Gasteiger partial charge in [-0.15, -0.1) is 11.3 Å². The number of nitro benzene ring substituents is 1. The largest absolute Gasteiger partial charge is 0.461 e. The van der Waals surface area contributed by atoms with Crippen molar-refractivity contribution in [1.82, 2.24) is 9.55 Å². The number of rotatable bonds is 5. The average molecular weight is 470 g/mol. The molecular weight excluding hydrogens is 442 g/mol. The molecule has 0 atom stereocenters. The molecule has 0 saturated heterocycles. The molecule has 1 fully saturated rings. The molecule has 1 saturated carbocycles. The van der Waals surface area contributed by atoms with Crippen molar-refractivity contribution in [1.29, 1.82) is 0 Å². The van der Waals surface area contributed by atoms with E-state index in [0.717, 1.165) is 25.7 Å². The van der Waals surface area contributed by atoms with Crippen LogP contribution in [0.25, 0.3) is 21.3 Å². The van der Waals surface area contributed by atoms with Crippen molar-refractivity contribution in [2.75, 3.05) is 0 Å². The smallest absolute Gasteiger partial charge is 0.326 e. The molecule has 174 valence electrons. The number of non-ortho nitro benzene ring substituents is 1. The quantitative estimate of drug-likeness (QED) is 0.290. The van der Waals surface area contributed by atoms with Gasteiger partial charge in [-0.05, 0) is 42.6 Å². The third-order valence-corrected chi connectivity index (χ3v) is 7.31. The second-order valence-corrected chi connectivity index (χ2v) is 10.5. The standard InChI is InChI=1S/C24H27N3O5S/c1-24(2,3)16-7-9-18(10-8-16)32-20(28)12-26-14-25-22-21(23(26)29)19(13-33-22)15-5-4-6-17(11-15)27(30)31/h4-6,11,13-14,16,18H,7-10,12H2,1-3H3. The van der Waals surface area contributed by atoms with Gasteiger partial charge in [0.15, 0.2) is 0 Å². The zero-order chi connectivity index (χ0) is 23.8. The van der Waals surface area contributed by atoms with Crippen molar-refractivity contribution in [3.8, 4) is 11.1 Å². The van der Waals surface area contributed by atoms with Crippen molar-refractivity contribution >= 4 is 33.2 Å². The molecule has 1 aliphatic carbocycles. The third-order valence-electron chi connectivity index (χ3n) is 6.43. The van der Waals surface area contributed by atoms with Crippen LogP contribution in [0.1, 0.15) is 46.5 Å². The Morgan fingerprint density at radius 2 is 2.00 bits per heavy atom. The minimum Gasteiger partial charge on any atom is -0.461 e. The molecule has 9 heteroatoms. The van der Waals surface area contributed by atoms with E-state index in [1.165, 1.54) is 34.4 Å². The summed E-state index contributed by atoms with van der Waals surface area (Å²) in [7, 11) is 0. The monoisotopic (exact) mass is 469 g/mol. The van der Waals surface area contributed by atoms with Gasteiger partial charge in [-0.2, -0.15) is 0 Å². The summed E-state index contributed by atoms with van der Waals surface area (Å²) in [5.41, 5.74) is 0.961. The highest BCUT2D eigenvalue weighted by Crippen LogP contribution is 2.38. The van der Waals surface area contributed by atoms with Gasteiger partial charge >= 0.3 is 5.97 Å². The maximum absolute atomic E-state index is 13.2. The number of hydrogen-bond donors (Lipinski definition) is 0. The molecule has 0 amide bonds. The van der Waals surface area contributed by atoms with E-state index in [4.69, 9.17) is 4.74 Å². The molecule has 2 aromatic heterocycles. The molecule has 3 aromatic rings. The summed E-state index contributed by atoms with van der Waals surface area (Å²) in [6, 6.07) is 6.13. The van der Waals surface area contributed by atoms with E-state index in [1.54, 1.807) is 17.5 Å². The lowest BCUT2D eigenvalue weighted by Gasteiger charge is -2.36. The highest BCUT2D eigenvalue weighted by molar-refractivity contribution is 7.17. The topological polar surface area (TPSA) is 104 Å². The third kappa shape index (κ3) is 4.98. The van der Waals surface area contributed by atoms with Crippen molar-refractivity contribution < 1.29 is 14.5 Å². The molecule has 1 aromatic carbocycles. The van der Waals surface area contributed by atoms with Gasteiger partial charge in [0, 0.05) is 23.1 Å². The van der Waals surface area contributed by atoms with Crippen LogP contribution in [0.5, 0.6) is 0 Å². The Labute approximate surface area is 195 Å². The van der Waals surface area contributed by atoms with E-state index in [0.29, 0.717) is 27.3 Å². The Bertz CT molecular complexity index is 1250. The number of benzene rings is 1. The van der Waals surface area contributed by atoms with Gasteiger partial charge in [-0.3, -0.25) is 24.3 Å². The zero-order valence-electron chi connectivity index (χ0n) is 18.9. The van der Waals surface area contributed by atoms with Crippen LogP contribution in [0, 0.1) is 21.4 Å². The molecule has 2 heterocycles. The van der Waals surface area contributed by atoms with Gasteiger partial charge < -0.3 is 4.74 Å². The van der Waals surface area contributed by atoms with Crippen LogP contribution in [-0.2, 0) is 16.1 Å². The molecule has 0 bridgehead atoms. The summed E-state index contributed by atoms with van der Waals surface area (Å²) in [6.45, 7) is 6.51. The Balaban J connectivity index is 1.51. The summed E-state index contributed by atoms with van der Waals surface area (Å²) in [4.78, 5) is 41.3. The van der Waals surface area contributed by atoms with Crippen LogP contribution in [0.2, 0.25) is 0 Å². The van der Waals surface area contributed by atoms with E-state index in [9.17, 15) is 19.7 Å². The molecule has 0 N–H and O–H groups in total. The van der Waals surface area contributed by atoms with E-state index in [-0.39, 0.29) is 29.3 Å². The first-order valence-corrected chi connectivity index (χ1v) is 11.9. The fourth-order valence-electron chi connectivity index (χ4n) is 4.49. The van der Waals surface area contributed by atoms with Gasteiger partial charge in [-0.1, -0.05) is 32.9 Å². The molecular formula is C24H27N3O5S. The molecule has 0 unspecified atom stereocenters. The van der Waals surface area contributed by atoms with Crippen LogP contribution < -0.4 is 5.56 Å². The SMILES string of the molecule is CC(C)(C)C1CCC(OC(=O)Cn2cnc3scc(-c4cccc([N+](=O)[O-])c4)c3c2=O)CC1. The molecule has 0 spiro atoms. The van der Waals surface area contributed by atoms with Crippen LogP contribution >= 0.6 is 11.3 Å². The molecule has 1 aliphatic rings. The number of ether oxygens (including phenoxy) is 1. The number of nitrogens with zero attached hydrogens (tertiary/aromatic N) is 3. The number of hydrogen-bond acceptors (Lipinski definition) is 7. The molecule has 33 heavy (non-hydrogen) atoms. The summed E-state index contributed by atoms with van der Waals surface area (Å²) in [5, 5.41) is 13.2. The van der Waals surface area contributed by atoms with Crippen molar-refractivity contribution in [3.05, 3.63) is 56.4 Å². The maximum Gasteiger partial charge on any atom is 0.326 e. The Morgan fingerprint density at radius 1 is 1.27 bits per heavy atom. The van der Waals surface area contributed by atoms with E-state index in [1.807, 2.05) is 0 Å². The van der Waals surface area contributed by atoms with Crippen LogP contribution in [0.3, 0.4) is 0 Å². The number of fused-ring (bicyclic) bond motifs is 1. The van der Waals surface area contributed by atoms with Gasteiger partial charge in [0.05, 0.1) is 16.6 Å². The Morgan fingerprint density at radius 3 is 2.67 bits per heavy atom. The van der Waals surface area contributed by atoms with Gasteiger partial charge in [0.25, 0.3) is 11.2 Å². The summed E-state index contributed by atoms with van der Waals surface area (Å²) >= 11 is 1.28. The second-order valence-electron chi connectivity index (χ2n) is 9.64. The lowest BCUT2D eigenvalue weighted by atomic mass is 9.72. The Hall–Kier alpha value is -3.07. The molecule has 4 rings (SSSR count). The minimum absolute atomic E-state index is 0.0548. The number of nitro groups is 1. The van der Waals surface area contributed by atoms with Crippen molar-refractivity contribution in [2.24, 2.45) is 11.3 Å². The fourth-order valence-corrected chi connectivity index (χ4v) is 5.40. The lowest BCUT2D eigenvalue weighted by molar-refractivity contribution is -0.384. The van der Waals surface area contributed by atoms with Gasteiger partial charge in [0.1, 0.15) is 17.5 Å². The van der Waals surface area contributed by atoms with Crippen LogP contribution in [-0.4, -0.2) is 26.5 Å². The predicted octanol–water partition coefficient (Wildman–Crippen LogP) is 5.18. The second kappa shape index (κ2) is 9.05. The van der Waals surface area contributed by atoms with E-state index < -0.39 is 10.9 Å². The van der Waals surface area contributed by atoms with E-state index >= 15 is 0 Å². The first-order valence-electron chi connectivity index (χ1n) is 11.0. The van der Waals surface area contributed by atoms with Crippen molar-refractivity contribution in [3.63, 3.8) is 0 Å². The van der Waals surface area contributed by atoms with Crippen LogP contribution in [0.4, 0.5) is 5.69 Å². The van der Waals surface area contributed by atoms with Crippen molar-refractivity contribution in [2.45, 2.75) is 59.1 Å². The average Bonchev–Trinajstić information content (AvgIpc) is 3.20. The number of aromatic nitrogens is 2. The minimum atomic E-state index is -0.473. The van der Waals surface area contributed by atoms with Gasteiger partial charge in [-0.25, -0.2) is 4.98 Å². The first kappa shape index (κ1) is 23.1. The number of carbonyl (C=O) groups excluding carboxylic acids is 1. The maximum atomic E-state index is 13.2. The summed E-state index contributed by atoms with van der Waals surface area (Å²) in [5.74, 6) is 0.164. The number of carbonyl (C=O) groups is 1. The normalized spacial score (nSPS) is 18.9. The lowest BCUT2D eigenvalue weighted by Crippen LogP contribution is -2.32.